The van der Waals surface area contributed by atoms with Gasteiger partial charge in [-0.15, -0.1) is 0 Å². The first-order valence-electron chi connectivity index (χ1n) is 22.5. The van der Waals surface area contributed by atoms with Crippen LogP contribution in [0, 0.1) is 0 Å². The van der Waals surface area contributed by atoms with Gasteiger partial charge in [0, 0.05) is 46.0 Å². The molecule has 0 rings (SSSR count). The van der Waals surface area contributed by atoms with Gasteiger partial charge in [-0.1, -0.05) is 77.0 Å². The Balaban J connectivity index is 3.66. The van der Waals surface area contributed by atoms with Crippen molar-refractivity contribution in [2.45, 2.75) is 153 Å². The van der Waals surface area contributed by atoms with Gasteiger partial charge < -0.3 is 60.3 Å². The van der Waals surface area contributed by atoms with Gasteiger partial charge in [0.1, 0.15) is 19.3 Å². The van der Waals surface area contributed by atoms with Crippen LogP contribution in [0.2, 0.25) is 0 Å². The molecule has 3 atom stereocenters. The summed E-state index contributed by atoms with van der Waals surface area (Å²) < 4.78 is 26.2. The van der Waals surface area contributed by atoms with Crippen molar-refractivity contribution in [1.82, 2.24) is 26.7 Å². The molecule has 0 aromatic carbocycles. The third kappa shape index (κ3) is 39.4. The molecule has 4 amide bonds. The maximum atomic E-state index is 12.3. The summed E-state index contributed by atoms with van der Waals surface area (Å²) >= 11 is 0. The molecule has 0 saturated carbocycles. The summed E-state index contributed by atoms with van der Waals surface area (Å²) in [5.74, 6) is 2.22. The standard InChI is InChI=1S/C42H80N6O14/c1-58-42(57)35(48-43)18-16-17-23-44-38(51)32-61-30-29-60-27-25-46-39(52)33-62-31-28-59-26-24-45-36(49)22-21-34(41(55)56)47-37(50)19-14-12-10-8-6-4-2-3-5-7-9-11-13-15-20-40(53)54/h34-35,42,48,57H,2-33,43H2,1H3,(H,44,51)(H,45,49)(H,46,52)(H,47,50)(H,53,54)(H,55,56)/t34-,35-,42?/m0/s1. The molecule has 20 heteroatoms. The Hall–Kier alpha value is -3.50. The van der Waals surface area contributed by atoms with Gasteiger partial charge in [0.2, 0.25) is 23.6 Å². The monoisotopic (exact) mass is 893 g/mol. The van der Waals surface area contributed by atoms with E-state index in [9.17, 15) is 39.0 Å². The highest BCUT2D eigenvalue weighted by Gasteiger charge is 2.21. The number of methoxy groups -OCH3 is 1. The molecule has 62 heavy (non-hydrogen) atoms. The minimum absolute atomic E-state index is 0.0289. The average molecular weight is 893 g/mol. The number of carboxylic acids is 2. The number of unbranched alkanes of at least 4 members (excludes halogenated alkanes) is 14. The number of aliphatic hydroxyl groups excluding tert-OH is 1. The van der Waals surface area contributed by atoms with Gasteiger partial charge in [-0.2, -0.15) is 0 Å². The number of carbonyl (C=O) groups is 6. The quantitative estimate of drug-likeness (QED) is 0.0183. The van der Waals surface area contributed by atoms with Crippen LogP contribution in [0.15, 0.2) is 0 Å². The Kier molecular flexibility index (Phi) is 40.4. The number of amides is 4. The maximum Gasteiger partial charge on any atom is 0.326 e. The van der Waals surface area contributed by atoms with Gasteiger partial charge in [0.05, 0.1) is 45.7 Å². The van der Waals surface area contributed by atoms with E-state index < -0.39 is 24.3 Å². The summed E-state index contributed by atoms with van der Waals surface area (Å²) in [5, 5.41) is 38.4. The molecule has 0 bridgehead atoms. The van der Waals surface area contributed by atoms with Crippen LogP contribution in [0.25, 0.3) is 0 Å². The molecule has 0 aliphatic heterocycles. The number of aliphatic hydroxyl groups is 1. The first-order chi connectivity index (χ1) is 30.0. The number of carbonyl (C=O) groups excluding carboxylic acids is 4. The topological polar surface area (TPSA) is 295 Å². The normalized spacial score (nSPS) is 12.6. The van der Waals surface area contributed by atoms with Crippen LogP contribution in [0.4, 0.5) is 0 Å². The first-order valence-corrected chi connectivity index (χ1v) is 22.5. The number of hydrogen-bond donors (Lipinski definition) is 9. The minimum atomic E-state index is -1.19. The van der Waals surface area contributed by atoms with E-state index in [4.69, 9.17) is 34.6 Å². The molecule has 20 nitrogen and oxygen atoms in total. The van der Waals surface area contributed by atoms with Crippen LogP contribution >= 0.6 is 0 Å². The molecule has 0 spiro atoms. The molecule has 0 aromatic rings. The Morgan fingerprint density at radius 3 is 1.42 bits per heavy atom. The summed E-state index contributed by atoms with van der Waals surface area (Å²) in [4.78, 5) is 70.4. The van der Waals surface area contributed by atoms with E-state index in [0.29, 0.717) is 25.8 Å². The number of nitrogens with two attached hydrogens (primary N) is 1. The summed E-state index contributed by atoms with van der Waals surface area (Å²) in [6, 6.07) is -1.53. The zero-order valence-corrected chi connectivity index (χ0v) is 37.3. The number of ether oxygens (including phenoxy) is 5. The van der Waals surface area contributed by atoms with Crippen molar-refractivity contribution >= 4 is 35.6 Å². The third-order valence-corrected chi connectivity index (χ3v) is 9.75. The van der Waals surface area contributed by atoms with Gasteiger partial charge in [-0.05, 0) is 38.5 Å². The fraction of sp³-hybridized carbons (Fsp3) is 0.857. The van der Waals surface area contributed by atoms with Gasteiger partial charge >= 0.3 is 11.9 Å². The molecule has 0 saturated heterocycles. The second-order valence-corrected chi connectivity index (χ2v) is 15.1. The zero-order chi connectivity index (χ0) is 45.9. The van der Waals surface area contributed by atoms with Crippen LogP contribution in [0.5, 0.6) is 0 Å². The van der Waals surface area contributed by atoms with Gasteiger partial charge in [-0.3, -0.25) is 35.2 Å². The summed E-state index contributed by atoms with van der Waals surface area (Å²) in [6.07, 6.45) is 16.5. The SMILES string of the molecule is COC(O)[C@H](CCCCNC(=O)COCCOCCNC(=O)COCCOCCNC(=O)CC[C@H](NC(=O)CCCCCCCCCCCCCCCCC(=O)O)C(=O)O)NN. The Bertz CT molecular complexity index is 1170. The average Bonchev–Trinajstić information content (AvgIpc) is 3.24. The van der Waals surface area contributed by atoms with E-state index in [1.807, 2.05) is 0 Å². The number of carboxylic acid groups (broad SMARTS) is 2. The molecule has 10 N–H and O–H groups in total. The Morgan fingerprint density at radius 2 is 0.952 bits per heavy atom. The lowest BCUT2D eigenvalue weighted by atomic mass is 10.0. The van der Waals surface area contributed by atoms with Crippen LogP contribution in [-0.4, -0.2) is 149 Å². The predicted molar refractivity (Wildman–Crippen MR) is 231 cm³/mol. The smallest absolute Gasteiger partial charge is 0.326 e. The molecule has 0 radical (unpaired) electrons. The molecule has 362 valence electrons. The van der Waals surface area contributed by atoms with Crippen LogP contribution < -0.4 is 32.5 Å². The lowest BCUT2D eigenvalue weighted by molar-refractivity contribution is -0.142. The maximum absolute atomic E-state index is 12.3. The number of aliphatic carboxylic acids is 2. The molecule has 0 aromatic heterocycles. The Labute approximate surface area is 368 Å². The van der Waals surface area contributed by atoms with E-state index in [-0.39, 0.29) is 121 Å². The van der Waals surface area contributed by atoms with Crippen molar-refractivity contribution in [2.24, 2.45) is 5.84 Å². The highest BCUT2D eigenvalue weighted by Crippen LogP contribution is 2.14. The van der Waals surface area contributed by atoms with Gasteiger partial charge in [0.25, 0.3) is 0 Å². The van der Waals surface area contributed by atoms with E-state index in [2.05, 4.69) is 26.7 Å². The second kappa shape index (κ2) is 42.8. The molecular weight excluding hydrogens is 812 g/mol. The number of hydrogen-bond acceptors (Lipinski definition) is 14. The van der Waals surface area contributed by atoms with Crippen LogP contribution in [0.1, 0.15) is 135 Å². The van der Waals surface area contributed by atoms with Crippen molar-refractivity contribution in [3.05, 3.63) is 0 Å². The van der Waals surface area contributed by atoms with E-state index in [1.165, 1.54) is 52.1 Å². The number of nitrogens with one attached hydrogen (secondary N) is 5. The minimum Gasteiger partial charge on any atom is -0.481 e. The zero-order valence-electron chi connectivity index (χ0n) is 37.3. The Morgan fingerprint density at radius 1 is 0.500 bits per heavy atom. The number of hydrazine groups is 1. The number of rotatable bonds is 46. The molecule has 1 unspecified atom stereocenters. The molecular formula is C42H80N6O14. The van der Waals surface area contributed by atoms with E-state index >= 15 is 0 Å². The van der Waals surface area contributed by atoms with Crippen molar-refractivity contribution in [1.29, 1.82) is 0 Å². The first kappa shape index (κ1) is 58.5. The van der Waals surface area contributed by atoms with Crippen LogP contribution in [0.3, 0.4) is 0 Å². The summed E-state index contributed by atoms with van der Waals surface area (Å²) in [7, 11) is 1.39. The second-order valence-electron chi connectivity index (χ2n) is 15.1. The molecule has 0 aliphatic carbocycles. The molecule has 0 heterocycles. The summed E-state index contributed by atoms with van der Waals surface area (Å²) in [5.41, 5.74) is 2.50. The van der Waals surface area contributed by atoms with Crippen molar-refractivity contribution in [3.63, 3.8) is 0 Å². The summed E-state index contributed by atoms with van der Waals surface area (Å²) in [6.45, 7) is 1.96. The van der Waals surface area contributed by atoms with Gasteiger partial charge in [-0.25, -0.2) is 4.79 Å². The van der Waals surface area contributed by atoms with Gasteiger partial charge in [0.15, 0.2) is 6.29 Å². The molecule has 0 fully saturated rings. The molecule has 0 aliphatic rings. The predicted octanol–water partition coefficient (Wildman–Crippen LogP) is 2.04. The third-order valence-electron chi connectivity index (χ3n) is 9.75. The van der Waals surface area contributed by atoms with Crippen molar-refractivity contribution < 1.29 is 67.8 Å². The fourth-order valence-corrected chi connectivity index (χ4v) is 6.16. The highest BCUT2D eigenvalue weighted by molar-refractivity contribution is 5.84. The lowest BCUT2D eigenvalue weighted by Gasteiger charge is -2.20. The van der Waals surface area contributed by atoms with E-state index in [0.717, 1.165) is 44.9 Å². The van der Waals surface area contributed by atoms with Crippen molar-refractivity contribution in [3.8, 4) is 0 Å². The van der Waals surface area contributed by atoms with Crippen molar-refractivity contribution in [2.75, 3.05) is 79.6 Å². The van der Waals surface area contributed by atoms with Crippen LogP contribution in [-0.2, 0) is 52.5 Å². The fourth-order valence-electron chi connectivity index (χ4n) is 6.16. The van der Waals surface area contributed by atoms with E-state index in [1.54, 1.807) is 0 Å². The lowest BCUT2D eigenvalue weighted by Crippen LogP contribution is -2.44. The largest absolute Gasteiger partial charge is 0.481 e. The highest BCUT2D eigenvalue weighted by atomic mass is 16.6.